The summed E-state index contributed by atoms with van der Waals surface area (Å²) in [5.41, 5.74) is 0.350. The summed E-state index contributed by atoms with van der Waals surface area (Å²) in [6.45, 7) is 0. The molecule has 0 saturated carbocycles. The zero-order valence-electron chi connectivity index (χ0n) is 10.1. The maximum atomic E-state index is 11.8. The number of ether oxygens (including phenoxy) is 1. The Labute approximate surface area is 114 Å². The number of carbonyl (C=O) groups is 1. The molecule has 0 atom stereocenters. The molecule has 98 valence electrons. The Morgan fingerprint density at radius 3 is 2.50 bits per heavy atom. The van der Waals surface area contributed by atoms with Crippen LogP contribution in [0.5, 0.6) is 5.75 Å². The van der Waals surface area contributed by atoms with Crippen molar-refractivity contribution >= 4 is 11.7 Å². The maximum Gasteiger partial charge on any atom is 0.343 e. The average molecular weight is 268 g/mol. The van der Waals surface area contributed by atoms with Gasteiger partial charge in [-0.3, -0.25) is 10.1 Å². The van der Waals surface area contributed by atoms with Gasteiger partial charge in [-0.2, -0.15) is 5.26 Å². The standard InChI is InChI=1S/C14H8N2O4/c15-9-10-4-6-13(7-5-10)20-14(17)11-2-1-3-12(8-11)16(18)19/h1-8H. The van der Waals surface area contributed by atoms with Gasteiger partial charge in [-0.15, -0.1) is 0 Å². The van der Waals surface area contributed by atoms with Gasteiger partial charge < -0.3 is 4.74 Å². The van der Waals surface area contributed by atoms with Crippen LogP contribution in [0.2, 0.25) is 0 Å². The molecule has 2 aromatic carbocycles. The van der Waals surface area contributed by atoms with Gasteiger partial charge in [-0.05, 0) is 30.3 Å². The maximum absolute atomic E-state index is 11.8. The number of nitriles is 1. The lowest BCUT2D eigenvalue weighted by atomic mass is 10.2. The number of carbonyl (C=O) groups excluding carboxylic acids is 1. The Morgan fingerprint density at radius 2 is 1.90 bits per heavy atom. The molecular formula is C14H8N2O4. The van der Waals surface area contributed by atoms with Gasteiger partial charge in [0.1, 0.15) is 5.75 Å². The van der Waals surface area contributed by atoms with E-state index in [2.05, 4.69) is 0 Å². The third-order valence-corrected chi connectivity index (χ3v) is 2.49. The highest BCUT2D eigenvalue weighted by Crippen LogP contribution is 2.17. The average Bonchev–Trinajstić information content (AvgIpc) is 2.48. The van der Waals surface area contributed by atoms with Gasteiger partial charge >= 0.3 is 5.97 Å². The molecule has 0 saturated heterocycles. The number of hydrogen-bond acceptors (Lipinski definition) is 5. The van der Waals surface area contributed by atoms with Crippen molar-refractivity contribution in [1.82, 2.24) is 0 Å². The van der Waals surface area contributed by atoms with E-state index in [0.29, 0.717) is 5.56 Å². The molecule has 0 amide bonds. The molecule has 0 N–H and O–H groups in total. The highest BCUT2D eigenvalue weighted by molar-refractivity contribution is 5.91. The Balaban J connectivity index is 2.17. The van der Waals surface area contributed by atoms with E-state index in [-0.39, 0.29) is 17.0 Å². The van der Waals surface area contributed by atoms with Crippen molar-refractivity contribution in [3.8, 4) is 11.8 Å². The van der Waals surface area contributed by atoms with Crippen LogP contribution in [0.1, 0.15) is 15.9 Å². The number of nitro benzene ring substituents is 1. The summed E-state index contributed by atoms with van der Waals surface area (Å²) in [7, 11) is 0. The Kier molecular flexibility index (Phi) is 3.72. The van der Waals surface area contributed by atoms with Crippen LogP contribution in [-0.2, 0) is 0 Å². The summed E-state index contributed by atoms with van der Waals surface area (Å²) in [6, 6.07) is 13.2. The number of hydrogen-bond donors (Lipinski definition) is 0. The molecule has 0 aliphatic rings. The molecule has 20 heavy (non-hydrogen) atoms. The molecule has 6 heteroatoms. The van der Waals surface area contributed by atoms with E-state index in [1.165, 1.54) is 42.5 Å². The van der Waals surface area contributed by atoms with Gasteiger partial charge in [-0.1, -0.05) is 6.07 Å². The summed E-state index contributed by atoms with van der Waals surface area (Å²) in [5.74, 6) is -0.432. The number of nitrogens with zero attached hydrogens (tertiary/aromatic N) is 2. The van der Waals surface area contributed by atoms with E-state index in [1.54, 1.807) is 0 Å². The zero-order valence-corrected chi connectivity index (χ0v) is 10.1. The minimum absolute atomic E-state index is 0.0866. The van der Waals surface area contributed by atoms with Crippen LogP contribution in [0.25, 0.3) is 0 Å². The van der Waals surface area contributed by atoms with E-state index < -0.39 is 10.9 Å². The lowest BCUT2D eigenvalue weighted by Gasteiger charge is -2.04. The van der Waals surface area contributed by atoms with Crippen LogP contribution in [0, 0.1) is 21.4 Å². The van der Waals surface area contributed by atoms with Crippen molar-refractivity contribution in [3.63, 3.8) is 0 Å². The van der Waals surface area contributed by atoms with Crippen LogP contribution < -0.4 is 4.74 Å². The van der Waals surface area contributed by atoms with Crippen molar-refractivity contribution in [1.29, 1.82) is 5.26 Å². The van der Waals surface area contributed by atoms with E-state index in [4.69, 9.17) is 10.00 Å². The number of rotatable bonds is 3. The second-order valence-electron chi connectivity index (χ2n) is 3.83. The molecule has 0 aliphatic heterocycles. The van der Waals surface area contributed by atoms with E-state index in [0.717, 1.165) is 6.07 Å². The third kappa shape index (κ3) is 2.97. The molecule has 0 aromatic heterocycles. The fourth-order valence-electron chi connectivity index (χ4n) is 1.51. The second kappa shape index (κ2) is 5.63. The largest absolute Gasteiger partial charge is 0.423 e. The molecule has 0 unspecified atom stereocenters. The molecular weight excluding hydrogens is 260 g/mol. The van der Waals surface area contributed by atoms with Crippen molar-refractivity contribution in [2.45, 2.75) is 0 Å². The number of nitro groups is 1. The Morgan fingerprint density at radius 1 is 1.20 bits per heavy atom. The molecule has 0 spiro atoms. The van der Waals surface area contributed by atoms with Crippen molar-refractivity contribution in [2.24, 2.45) is 0 Å². The smallest absolute Gasteiger partial charge is 0.343 e. The first-order valence-electron chi connectivity index (χ1n) is 5.57. The lowest BCUT2D eigenvalue weighted by molar-refractivity contribution is -0.384. The van der Waals surface area contributed by atoms with Gasteiger partial charge in [0.05, 0.1) is 22.1 Å². The second-order valence-corrected chi connectivity index (χ2v) is 3.83. The molecule has 0 radical (unpaired) electrons. The fourth-order valence-corrected chi connectivity index (χ4v) is 1.51. The van der Waals surface area contributed by atoms with Crippen molar-refractivity contribution in [3.05, 3.63) is 69.8 Å². The summed E-state index contributed by atoms with van der Waals surface area (Å²) in [6.07, 6.45) is 0. The Bertz CT molecular complexity index is 702. The summed E-state index contributed by atoms with van der Waals surface area (Å²) < 4.78 is 5.06. The van der Waals surface area contributed by atoms with E-state index in [9.17, 15) is 14.9 Å². The quantitative estimate of drug-likeness (QED) is 0.369. The fraction of sp³-hybridized carbons (Fsp3) is 0. The topological polar surface area (TPSA) is 93.2 Å². The van der Waals surface area contributed by atoms with E-state index in [1.807, 2.05) is 6.07 Å². The molecule has 2 aromatic rings. The van der Waals surface area contributed by atoms with Crippen LogP contribution in [0.3, 0.4) is 0 Å². The SMILES string of the molecule is N#Cc1ccc(OC(=O)c2cccc([N+](=O)[O-])c2)cc1. The third-order valence-electron chi connectivity index (χ3n) is 2.49. The number of esters is 1. The van der Waals surface area contributed by atoms with Crippen molar-refractivity contribution < 1.29 is 14.5 Å². The van der Waals surface area contributed by atoms with Crippen LogP contribution in [0.15, 0.2) is 48.5 Å². The molecule has 0 fully saturated rings. The Hall–Kier alpha value is -3.20. The normalized spacial score (nSPS) is 9.55. The number of non-ortho nitro benzene ring substituents is 1. The first kappa shape index (κ1) is 13.2. The molecule has 6 nitrogen and oxygen atoms in total. The molecule has 0 aliphatic carbocycles. The highest BCUT2D eigenvalue weighted by atomic mass is 16.6. The first-order valence-corrected chi connectivity index (χ1v) is 5.57. The van der Waals surface area contributed by atoms with Crippen molar-refractivity contribution in [2.75, 3.05) is 0 Å². The van der Waals surface area contributed by atoms with Gasteiger partial charge in [0, 0.05) is 12.1 Å². The molecule has 0 bridgehead atoms. The van der Waals surface area contributed by atoms with Crippen LogP contribution in [0.4, 0.5) is 5.69 Å². The molecule has 0 heterocycles. The minimum Gasteiger partial charge on any atom is -0.423 e. The predicted molar refractivity (Wildman–Crippen MR) is 69.2 cm³/mol. The first-order chi connectivity index (χ1) is 9.60. The predicted octanol–water partition coefficient (Wildman–Crippen LogP) is 2.69. The van der Waals surface area contributed by atoms with Gasteiger partial charge in [0.2, 0.25) is 0 Å². The van der Waals surface area contributed by atoms with Crippen LogP contribution in [-0.4, -0.2) is 10.9 Å². The zero-order chi connectivity index (χ0) is 14.5. The minimum atomic E-state index is -0.696. The number of benzene rings is 2. The van der Waals surface area contributed by atoms with Gasteiger partial charge in [0.15, 0.2) is 0 Å². The van der Waals surface area contributed by atoms with Crippen LogP contribution >= 0.6 is 0 Å². The molecule has 2 rings (SSSR count). The lowest BCUT2D eigenvalue weighted by Crippen LogP contribution is -2.08. The van der Waals surface area contributed by atoms with Gasteiger partial charge in [0.25, 0.3) is 5.69 Å². The summed E-state index contributed by atoms with van der Waals surface area (Å²) in [5, 5.41) is 19.3. The summed E-state index contributed by atoms with van der Waals surface area (Å²) >= 11 is 0. The van der Waals surface area contributed by atoms with Gasteiger partial charge in [-0.25, -0.2) is 4.79 Å². The van der Waals surface area contributed by atoms with E-state index >= 15 is 0 Å². The highest BCUT2D eigenvalue weighted by Gasteiger charge is 2.13. The summed E-state index contributed by atoms with van der Waals surface area (Å²) in [4.78, 5) is 21.9. The monoisotopic (exact) mass is 268 g/mol.